The number of carbonyl (C=O) groups is 2. The summed E-state index contributed by atoms with van der Waals surface area (Å²) in [6.07, 6.45) is 0.794. The summed E-state index contributed by atoms with van der Waals surface area (Å²) in [4.78, 5) is 28.2. The van der Waals surface area contributed by atoms with Gasteiger partial charge in [0.05, 0.1) is 7.11 Å². The molecule has 33 heavy (non-hydrogen) atoms. The number of hydrogen-bond acceptors (Lipinski definition) is 3. The Bertz CT molecular complexity index is 998. The lowest BCUT2D eigenvalue weighted by atomic mass is 9.88. The number of methoxy groups -OCH3 is 1. The molecule has 0 saturated carbocycles. The molecule has 1 atom stereocenters. The molecule has 0 aromatic heterocycles. The van der Waals surface area contributed by atoms with E-state index in [0.29, 0.717) is 13.0 Å². The molecule has 1 N–H and O–H groups in total. The van der Waals surface area contributed by atoms with E-state index in [0.717, 1.165) is 22.4 Å². The molecule has 0 aliphatic carbocycles. The van der Waals surface area contributed by atoms with E-state index in [9.17, 15) is 9.59 Å². The Balaban J connectivity index is 1.95. The third-order valence-electron chi connectivity index (χ3n) is 5.90. The standard InChI is InChI=1S/C28H32N2O3/c1-4-26(28(32)29-2)30(20-21-12-11-17-24(18-21)33-3)27(31)19-25(22-13-7-5-8-14-22)23-15-9-6-10-16-23/h5-18,25-26H,4,19-20H2,1-3H3,(H,29,32). The molecular weight excluding hydrogens is 412 g/mol. The summed E-state index contributed by atoms with van der Waals surface area (Å²) in [6, 6.07) is 27.2. The fourth-order valence-corrected chi connectivity index (χ4v) is 4.14. The molecule has 0 aliphatic rings. The summed E-state index contributed by atoms with van der Waals surface area (Å²) < 4.78 is 5.35. The van der Waals surface area contributed by atoms with Gasteiger partial charge >= 0.3 is 0 Å². The minimum absolute atomic E-state index is 0.0639. The number of nitrogens with zero attached hydrogens (tertiary/aromatic N) is 1. The van der Waals surface area contributed by atoms with Crippen molar-refractivity contribution in [2.24, 2.45) is 0 Å². The fraction of sp³-hybridized carbons (Fsp3) is 0.286. The van der Waals surface area contributed by atoms with Crippen molar-refractivity contribution in [2.75, 3.05) is 14.2 Å². The summed E-state index contributed by atoms with van der Waals surface area (Å²) in [7, 11) is 3.22. The molecule has 5 nitrogen and oxygen atoms in total. The van der Waals surface area contributed by atoms with Gasteiger partial charge in [-0.05, 0) is 35.2 Å². The van der Waals surface area contributed by atoms with Crippen LogP contribution >= 0.6 is 0 Å². The first-order valence-electron chi connectivity index (χ1n) is 11.3. The number of ether oxygens (including phenoxy) is 1. The van der Waals surface area contributed by atoms with Gasteiger partial charge < -0.3 is 15.0 Å². The second-order valence-electron chi connectivity index (χ2n) is 7.99. The maximum absolute atomic E-state index is 13.8. The highest BCUT2D eigenvalue weighted by Gasteiger charge is 2.30. The van der Waals surface area contributed by atoms with Crippen molar-refractivity contribution in [1.82, 2.24) is 10.2 Å². The van der Waals surface area contributed by atoms with Crippen LogP contribution in [0, 0.1) is 0 Å². The minimum atomic E-state index is -0.555. The average molecular weight is 445 g/mol. The van der Waals surface area contributed by atoms with E-state index in [2.05, 4.69) is 5.32 Å². The van der Waals surface area contributed by atoms with Gasteiger partial charge in [0.2, 0.25) is 11.8 Å². The largest absolute Gasteiger partial charge is 0.497 e. The van der Waals surface area contributed by atoms with E-state index in [1.165, 1.54) is 0 Å². The number of carbonyl (C=O) groups excluding carboxylic acids is 2. The lowest BCUT2D eigenvalue weighted by Gasteiger charge is -2.32. The molecule has 1 unspecified atom stereocenters. The van der Waals surface area contributed by atoms with Gasteiger partial charge in [0.1, 0.15) is 11.8 Å². The molecule has 0 fully saturated rings. The molecule has 0 saturated heterocycles. The number of likely N-dealkylation sites (N-methyl/N-ethyl adjacent to an activating group) is 1. The maximum atomic E-state index is 13.8. The van der Waals surface area contributed by atoms with Crippen LogP contribution in [0.2, 0.25) is 0 Å². The number of benzene rings is 3. The van der Waals surface area contributed by atoms with E-state index in [1.807, 2.05) is 91.9 Å². The maximum Gasteiger partial charge on any atom is 0.242 e. The van der Waals surface area contributed by atoms with Crippen molar-refractivity contribution in [3.8, 4) is 5.75 Å². The van der Waals surface area contributed by atoms with E-state index in [1.54, 1.807) is 19.1 Å². The molecule has 3 aromatic rings. The molecule has 0 spiro atoms. The molecule has 2 amide bonds. The topological polar surface area (TPSA) is 58.6 Å². The smallest absolute Gasteiger partial charge is 0.242 e. The van der Waals surface area contributed by atoms with Gasteiger partial charge in [0, 0.05) is 25.9 Å². The quantitative estimate of drug-likeness (QED) is 0.490. The zero-order valence-corrected chi connectivity index (χ0v) is 19.5. The van der Waals surface area contributed by atoms with Crippen LogP contribution < -0.4 is 10.1 Å². The van der Waals surface area contributed by atoms with Crippen LogP contribution in [0.5, 0.6) is 5.75 Å². The van der Waals surface area contributed by atoms with Gasteiger partial charge in [0.25, 0.3) is 0 Å². The SMILES string of the molecule is CCC(C(=O)NC)N(Cc1cccc(OC)c1)C(=O)CC(c1ccccc1)c1ccccc1. The van der Waals surface area contributed by atoms with Gasteiger partial charge in [-0.1, -0.05) is 79.7 Å². The second-order valence-corrected chi connectivity index (χ2v) is 7.99. The lowest BCUT2D eigenvalue weighted by molar-refractivity contribution is -0.141. The highest BCUT2D eigenvalue weighted by molar-refractivity contribution is 5.88. The van der Waals surface area contributed by atoms with Crippen LogP contribution in [0.25, 0.3) is 0 Å². The van der Waals surface area contributed by atoms with Crippen molar-refractivity contribution in [2.45, 2.75) is 38.3 Å². The Morgan fingerprint density at radius 3 is 2.03 bits per heavy atom. The van der Waals surface area contributed by atoms with Gasteiger partial charge in [-0.2, -0.15) is 0 Å². The molecule has 0 aliphatic heterocycles. The summed E-state index contributed by atoms with van der Waals surface area (Å²) in [5.41, 5.74) is 3.07. The Morgan fingerprint density at radius 1 is 0.909 bits per heavy atom. The number of nitrogens with one attached hydrogen (secondary N) is 1. The predicted molar refractivity (Wildman–Crippen MR) is 131 cm³/mol. The van der Waals surface area contributed by atoms with E-state index in [-0.39, 0.29) is 24.2 Å². The highest BCUT2D eigenvalue weighted by atomic mass is 16.5. The number of rotatable bonds is 10. The van der Waals surface area contributed by atoms with E-state index < -0.39 is 6.04 Å². The van der Waals surface area contributed by atoms with Crippen molar-refractivity contribution in [3.63, 3.8) is 0 Å². The second kappa shape index (κ2) is 11.9. The third kappa shape index (κ3) is 6.22. The molecule has 172 valence electrons. The summed E-state index contributed by atoms with van der Waals surface area (Å²) in [5, 5.41) is 2.72. The summed E-state index contributed by atoms with van der Waals surface area (Å²) in [6.45, 7) is 2.26. The molecule has 5 heteroatoms. The number of hydrogen-bond donors (Lipinski definition) is 1. The van der Waals surface area contributed by atoms with E-state index in [4.69, 9.17) is 4.74 Å². The molecular formula is C28H32N2O3. The summed E-state index contributed by atoms with van der Waals surface area (Å²) >= 11 is 0. The van der Waals surface area contributed by atoms with Crippen LogP contribution in [0.15, 0.2) is 84.9 Å². The zero-order chi connectivity index (χ0) is 23.6. The van der Waals surface area contributed by atoms with Crippen LogP contribution in [0.3, 0.4) is 0 Å². The Hall–Kier alpha value is -3.60. The first-order chi connectivity index (χ1) is 16.1. The van der Waals surface area contributed by atoms with Crippen LogP contribution in [-0.4, -0.2) is 36.9 Å². The molecule has 3 rings (SSSR count). The fourth-order valence-electron chi connectivity index (χ4n) is 4.14. The highest BCUT2D eigenvalue weighted by Crippen LogP contribution is 2.30. The molecule has 0 heterocycles. The van der Waals surface area contributed by atoms with Gasteiger partial charge in [0.15, 0.2) is 0 Å². The Kier molecular flexibility index (Phi) is 8.64. The first-order valence-corrected chi connectivity index (χ1v) is 11.3. The third-order valence-corrected chi connectivity index (χ3v) is 5.90. The van der Waals surface area contributed by atoms with Crippen molar-refractivity contribution in [3.05, 3.63) is 102 Å². The zero-order valence-electron chi connectivity index (χ0n) is 19.5. The Morgan fingerprint density at radius 2 is 1.52 bits per heavy atom. The van der Waals surface area contributed by atoms with Crippen LogP contribution in [-0.2, 0) is 16.1 Å². The average Bonchev–Trinajstić information content (AvgIpc) is 2.87. The van der Waals surface area contributed by atoms with Gasteiger partial charge in [-0.25, -0.2) is 0 Å². The minimum Gasteiger partial charge on any atom is -0.497 e. The molecule has 3 aromatic carbocycles. The van der Waals surface area contributed by atoms with E-state index >= 15 is 0 Å². The summed E-state index contributed by atoms with van der Waals surface area (Å²) in [5.74, 6) is 0.393. The lowest BCUT2D eigenvalue weighted by Crippen LogP contribution is -2.48. The van der Waals surface area contributed by atoms with Crippen molar-refractivity contribution >= 4 is 11.8 Å². The normalized spacial score (nSPS) is 11.6. The molecule has 0 bridgehead atoms. The first kappa shape index (κ1) is 24.1. The predicted octanol–water partition coefficient (Wildman–Crippen LogP) is 4.77. The van der Waals surface area contributed by atoms with Gasteiger partial charge in [-0.15, -0.1) is 0 Å². The number of amides is 2. The molecule has 0 radical (unpaired) electrons. The van der Waals surface area contributed by atoms with Gasteiger partial charge in [-0.3, -0.25) is 9.59 Å². The van der Waals surface area contributed by atoms with Crippen molar-refractivity contribution in [1.29, 1.82) is 0 Å². The van der Waals surface area contributed by atoms with Crippen LogP contribution in [0.1, 0.15) is 42.4 Å². The Labute approximate surface area is 196 Å². The monoisotopic (exact) mass is 444 g/mol. The van der Waals surface area contributed by atoms with Crippen molar-refractivity contribution < 1.29 is 14.3 Å². The van der Waals surface area contributed by atoms with Crippen LogP contribution in [0.4, 0.5) is 0 Å².